The summed E-state index contributed by atoms with van der Waals surface area (Å²) in [7, 11) is 0. The van der Waals surface area contributed by atoms with Crippen molar-refractivity contribution in [3.05, 3.63) is 41.5 Å². The number of aromatic nitrogens is 1. The van der Waals surface area contributed by atoms with Crippen molar-refractivity contribution in [2.75, 3.05) is 0 Å². The Hall–Kier alpha value is -1.68. The van der Waals surface area contributed by atoms with Gasteiger partial charge in [0.1, 0.15) is 0 Å². The van der Waals surface area contributed by atoms with Gasteiger partial charge in [-0.15, -0.1) is 11.3 Å². The number of carboxylic acids is 1. The van der Waals surface area contributed by atoms with Crippen LogP contribution in [0.15, 0.2) is 36.0 Å². The Kier molecular flexibility index (Phi) is 3.31. The minimum atomic E-state index is -0.758. The Morgan fingerprint density at radius 1 is 1.31 bits per heavy atom. The Balaban J connectivity index is 2.08. The third-order valence-corrected chi connectivity index (χ3v) is 3.12. The van der Waals surface area contributed by atoms with Gasteiger partial charge < -0.3 is 5.11 Å². The fraction of sp³-hybridized carbons (Fsp3) is 0.167. The van der Waals surface area contributed by atoms with Crippen molar-refractivity contribution in [2.24, 2.45) is 0 Å². The lowest BCUT2D eigenvalue weighted by Crippen LogP contribution is -1.97. The lowest BCUT2D eigenvalue weighted by atomic mass is 10.1. The maximum absolute atomic E-state index is 10.4. The molecule has 0 amide bonds. The quantitative estimate of drug-likeness (QED) is 0.883. The zero-order valence-corrected chi connectivity index (χ0v) is 9.41. The molecule has 0 aliphatic rings. The summed E-state index contributed by atoms with van der Waals surface area (Å²) in [5.74, 6) is -0.758. The molecule has 2 rings (SSSR count). The normalized spacial score (nSPS) is 10.2. The van der Waals surface area contributed by atoms with Crippen molar-refractivity contribution >= 4 is 17.3 Å². The van der Waals surface area contributed by atoms with E-state index in [9.17, 15) is 4.79 Å². The standard InChI is InChI=1S/C12H11NO2S/c14-12(15)6-3-9-1-4-10(5-2-9)11-7-13-8-16-11/h1-2,4-5,7-8H,3,6H2,(H,14,15). The van der Waals surface area contributed by atoms with Gasteiger partial charge in [0.05, 0.1) is 10.4 Å². The fourth-order valence-corrected chi connectivity index (χ4v) is 2.07. The molecule has 0 unspecified atom stereocenters. The average Bonchev–Trinajstić information content (AvgIpc) is 2.80. The summed E-state index contributed by atoms with van der Waals surface area (Å²) in [5, 5.41) is 8.57. The second kappa shape index (κ2) is 4.90. The van der Waals surface area contributed by atoms with Gasteiger partial charge in [0.2, 0.25) is 0 Å². The predicted molar refractivity (Wildman–Crippen MR) is 63.5 cm³/mol. The first-order chi connectivity index (χ1) is 7.75. The first-order valence-electron chi connectivity index (χ1n) is 4.95. The monoisotopic (exact) mass is 233 g/mol. The molecule has 0 spiro atoms. The second-order valence-corrected chi connectivity index (χ2v) is 4.34. The van der Waals surface area contributed by atoms with Crippen molar-refractivity contribution in [2.45, 2.75) is 12.8 Å². The molecule has 0 bridgehead atoms. The van der Waals surface area contributed by atoms with Gasteiger partial charge in [-0.3, -0.25) is 9.78 Å². The highest BCUT2D eigenvalue weighted by molar-refractivity contribution is 7.13. The van der Waals surface area contributed by atoms with Crippen LogP contribution in [0, 0.1) is 0 Å². The molecule has 1 heterocycles. The molecule has 0 saturated carbocycles. The van der Waals surface area contributed by atoms with Crippen LogP contribution in [-0.4, -0.2) is 16.1 Å². The fourth-order valence-electron chi connectivity index (χ4n) is 1.45. The summed E-state index contributed by atoms with van der Waals surface area (Å²) >= 11 is 1.59. The number of thiazole rings is 1. The molecule has 0 fully saturated rings. The molecular weight excluding hydrogens is 222 g/mol. The molecule has 1 aromatic heterocycles. The number of nitrogens with zero attached hydrogens (tertiary/aromatic N) is 1. The molecule has 1 aromatic carbocycles. The van der Waals surface area contributed by atoms with Crippen LogP contribution in [0.25, 0.3) is 10.4 Å². The molecule has 1 N–H and O–H groups in total. The van der Waals surface area contributed by atoms with E-state index in [1.165, 1.54) is 0 Å². The lowest BCUT2D eigenvalue weighted by molar-refractivity contribution is -0.136. The van der Waals surface area contributed by atoms with Gasteiger partial charge in [0.15, 0.2) is 0 Å². The summed E-state index contributed by atoms with van der Waals surface area (Å²) in [5.41, 5.74) is 3.98. The van der Waals surface area contributed by atoms with Crippen LogP contribution in [-0.2, 0) is 11.2 Å². The number of aryl methyl sites for hydroxylation is 1. The van der Waals surface area contributed by atoms with Gasteiger partial charge >= 0.3 is 5.97 Å². The summed E-state index contributed by atoms with van der Waals surface area (Å²) in [6.45, 7) is 0. The van der Waals surface area contributed by atoms with Crippen LogP contribution < -0.4 is 0 Å². The summed E-state index contributed by atoms with van der Waals surface area (Å²) in [6.07, 6.45) is 2.59. The van der Waals surface area contributed by atoms with E-state index in [4.69, 9.17) is 5.11 Å². The Morgan fingerprint density at radius 3 is 2.62 bits per heavy atom. The van der Waals surface area contributed by atoms with Crippen molar-refractivity contribution in [3.8, 4) is 10.4 Å². The number of hydrogen-bond donors (Lipinski definition) is 1. The molecule has 82 valence electrons. The van der Waals surface area contributed by atoms with E-state index in [1.807, 2.05) is 30.5 Å². The zero-order chi connectivity index (χ0) is 11.4. The number of carboxylic acid groups (broad SMARTS) is 1. The SMILES string of the molecule is O=C(O)CCc1ccc(-c2cncs2)cc1. The molecule has 0 atom stereocenters. The molecule has 16 heavy (non-hydrogen) atoms. The third kappa shape index (κ3) is 2.67. The van der Waals surface area contributed by atoms with Gasteiger partial charge in [0, 0.05) is 12.6 Å². The third-order valence-electron chi connectivity index (χ3n) is 2.30. The first-order valence-corrected chi connectivity index (χ1v) is 5.83. The van der Waals surface area contributed by atoms with Gasteiger partial charge in [0.25, 0.3) is 0 Å². The maximum atomic E-state index is 10.4. The molecular formula is C12H11NO2S. The molecule has 2 aromatic rings. The van der Waals surface area contributed by atoms with E-state index in [-0.39, 0.29) is 6.42 Å². The number of aliphatic carboxylic acids is 1. The molecule has 0 aliphatic heterocycles. The minimum Gasteiger partial charge on any atom is -0.481 e. The topological polar surface area (TPSA) is 50.2 Å². The van der Waals surface area contributed by atoms with Crippen LogP contribution in [0.5, 0.6) is 0 Å². The first kappa shape index (κ1) is 10.8. The largest absolute Gasteiger partial charge is 0.481 e. The maximum Gasteiger partial charge on any atom is 0.303 e. The predicted octanol–water partition coefficient (Wildman–Crippen LogP) is 2.83. The molecule has 0 saturated heterocycles. The smallest absolute Gasteiger partial charge is 0.303 e. The highest BCUT2D eigenvalue weighted by Gasteiger charge is 2.01. The van der Waals surface area contributed by atoms with E-state index in [2.05, 4.69) is 4.98 Å². The Bertz CT molecular complexity index is 462. The number of carbonyl (C=O) groups is 1. The van der Waals surface area contributed by atoms with E-state index >= 15 is 0 Å². The summed E-state index contributed by atoms with van der Waals surface area (Å²) in [6, 6.07) is 7.95. The highest BCUT2D eigenvalue weighted by atomic mass is 32.1. The molecule has 4 heteroatoms. The second-order valence-electron chi connectivity index (χ2n) is 3.46. The van der Waals surface area contributed by atoms with Gasteiger partial charge in [-0.25, -0.2) is 0 Å². The molecule has 3 nitrogen and oxygen atoms in total. The van der Waals surface area contributed by atoms with Crippen molar-refractivity contribution in [1.82, 2.24) is 4.98 Å². The number of hydrogen-bond acceptors (Lipinski definition) is 3. The molecule has 0 aliphatic carbocycles. The van der Waals surface area contributed by atoms with E-state index in [0.717, 1.165) is 16.0 Å². The van der Waals surface area contributed by atoms with Crippen LogP contribution in [0.2, 0.25) is 0 Å². The van der Waals surface area contributed by atoms with Gasteiger partial charge in [-0.05, 0) is 17.5 Å². The number of benzene rings is 1. The highest BCUT2D eigenvalue weighted by Crippen LogP contribution is 2.23. The van der Waals surface area contributed by atoms with Crippen molar-refractivity contribution in [1.29, 1.82) is 0 Å². The average molecular weight is 233 g/mol. The van der Waals surface area contributed by atoms with E-state index in [1.54, 1.807) is 16.8 Å². The minimum absolute atomic E-state index is 0.180. The van der Waals surface area contributed by atoms with E-state index in [0.29, 0.717) is 6.42 Å². The van der Waals surface area contributed by atoms with Crippen molar-refractivity contribution < 1.29 is 9.90 Å². The number of rotatable bonds is 4. The van der Waals surface area contributed by atoms with Crippen molar-refractivity contribution in [3.63, 3.8) is 0 Å². The van der Waals surface area contributed by atoms with Gasteiger partial charge in [-0.2, -0.15) is 0 Å². The van der Waals surface area contributed by atoms with E-state index < -0.39 is 5.97 Å². The Morgan fingerprint density at radius 2 is 2.06 bits per heavy atom. The van der Waals surface area contributed by atoms with Crippen LogP contribution in [0.4, 0.5) is 0 Å². The summed E-state index contributed by atoms with van der Waals surface area (Å²) in [4.78, 5) is 15.6. The molecule has 0 radical (unpaired) electrons. The zero-order valence-electron chi connectivity index (χ0n) is 8.59. The Labute approximate surface area is 97.4 Å². The van der Waals surface area contributed by atoms with Crippen LogP contribution >= 0.6 is 11.3 Å². The lowest BCUT2D eigenvalue weighted by Gasteiger charge is -2.00. The van der Waals surface area contributed by atoms with Gasteiger partial charge in [-0.1, -0.05) is 24.3 Å². The summed E-state index contributed by atoms with van der Waals surface area (Å²) < 4.78 is 0. The van der Waals surface area contributed by atoms with Crippen LogP contribution in [0.1, 0.15) is 12.0 Å². The van der Waals surface area contributed by atoms with Crippen LogP contribution in [0.3, 0.4) is 0 Å².